The highest BCUT2D eigenvalue weighted by Crippen LogP contribution is 2.25. The van der Waals surface area contributed by atoms with E-state index in [1.807, 2.05) is 30.3 Å². The molecule has 1 unspecified atom stereocenters. The van der Waals surface area contributed by atoms with Gasteiger partial charge in [-0.3, -0.25) is 4.99 Å². The predicted molar refractivity (Wildman–Crippen MR) is 80.4 cm³/mol. The van der Waals surface area contributed by atoms with Gasteiger partial charge in [-0.2, -0.15) is 5.10 Å². The van der Waals surface area contributed by atoms with Crippen molar-refractivity contribution >= 4 is 22.6 Å². The Morgan fingerprint density at radius 3 is 2.56 bits per heavy atom. The van der Waals surface area contributed by atoms with Crippen molar-refractivity contribution in [1.29, 1.82) is 0 Å². The second-order valence-corrected chi connectivity index (χ2v) is 5.95. The first-order valence-corrected chi connectivity index (χ1v) is 7.08. The van der Waals surface area contributed by atoms with Crippen LogP contribution in [0.3, 0.4) is 0 Å². The molecule has 0 fully saturated rings. The van der Waals surface area contributed by atoms with E-state index < -0.39 is 0 Å². The van der Waals surface area contributed by atoms with Gasteiger partial charge in [-0.1, -0.05) is 42.1 Å². The molecule has 1 aromatic rings. The third-order valence-corrected chi connectivity index (χ3v) is 3.80. The molecule has 1 atom stereocenters. The molecule has 0 bridgehead atoms. The number of thioether (sulfide) groups is 1. The molecule has 1 aromatic carbocycles. The maximum Gasteiger partial charge on any atom is 0.180 e. The van der Waals surface area contributed by atoms with Gasteiger partial charge in [0.1, 0.15) is 0 Å². The van der Waals surface area contributed by atoms with Crippen LogP contribution in [-0.4, -0.2) is 34.2 Å². The standard InChI is InChI=1S/C14H19N3S/c1-10(2)15-14-17(4)16-13(11(3)18-14)12-8-6-5-7-9-12/h5-11H,1-4H3. The quantitative estimate of drug-likeness (QED) is 0.817. The van der Waals surface area contributed by atoms with Gasteiger partial charge in [0.15, 0.2) is 5.17 Å². The van der Waals surface area contributed by atoms with E-state index in [1.54, 1.807) is 11.8 Å². The van der Waals surface area contributed by atoms with Gasteiger partial charge in [-0.25, -0.2) is 5.01 Å². The molecule has 0 saturated carbocycles. The monoisotopic (exact) mass is 261 g/mol. The fourth-order valence-corrected chi connectivity index (χ4v) is 2.89. The zero-order valence-corrected chi connectivity index (χ0v) is 12.1. The Hall–Kier alpha value is -1.29. The number of hydrogen-bond acceptors (Lipinski definition) is 3. The molecule has 1 aliphatic rings. The van der Waals surface area contributed by atoms with Crippen LogP contribution in [0.15, 0.2) is 40.4 Å². The Balaban J connectivity index is 2.30. The van der Waals surface area contributed by atoms with Crippen molar-refractivity contribution in [2.45, 2.75) is 32.1 Å². The van der Waals surface area contributed by atoms with E-state index >= 15 is 0 Å². The molecule has 96 valence electrons. The van der Waals surface area contributed by atoms with Crippen molar-refractivity contribution in [3.63, 3.8) is 0 Å². The molecular formula is C14H19N3S. The highest BCUT2D eigenvalue weighted by Gasteiger charge is 2.24. The van der Waals surface area contributed by atoms with Crippen molar-refractivity contribution < 1.29 is 0 Å². The van der Waals surface area contributed by atoms with Crippen LogP contribution in [-0.2, 0) is 0 Å². The van der Waals surface area contributed by atoms with Crippen molar-refractivity contribution in [2.24, 2.45) is 10.1 Å². The zero-order valence-electron chi connectivity index (χ0n) is 11.3. The molecule has 0 aliphatic carbocycles. The van der Waals surface area contributed by atoms with Crippen LogP contribution in [0.4, 0.5) is 0 Å². The first-order valence-electron chi connectivity index (χ1n) is 6.20. The minimum Gasteiger partial charge on any atom is -0.258 e. The summed E-state index contributed by atoms with van der Waals surface area (Å²) >= 11 is 1.77. The Morgan fingerprint density at radius 2 is 1.94 bits per heavy atom. The molecule has 1 aliphatic heterocycles. The van der Waals surface area contributed by atoms with E-state index in [0.29, 0.717) is 11.3 Å². The van der Waals surface area contributed by atoms with Crippen molar-refractivity contribution in [1.82, 2.24) is 5.01 Å². The summed E-state index contributed by atoms with van der Waals surface area (Å²) in [5, 5.41) is 7.88. The van der Waals surface area contributed by atoms with Gasteiger partial charge in [0.2, 0.25) is 0 Å². The van der Waals surface area contributed by atoms with Gasteiger partial charge in [-0.05, 0) is 26.3 Å². The number of nitrogens with zero attached hydrogens (tertiary/aromatic N) is 3. The fourth-order valence-electron chi connectivity index (χ4n) is 1.81. The van der Waals surface area contributed by atoms with Crippen molar-refractivity contribution in [3.05, 3.63) is 35.9 Å². The second kappa shape index (κ2) is 5.57. The molecule has 3 nitrogen and oxygen atoms in total. The number of hydrogen-bond donors (Lipinski definition) is 0. The summed E-state index contributed by atoms with van der Waals surface area (Å²) in [5.41, 5.74) is 2.30. The van der Waals surface area contributed by atoms with E-state index in [1.165, 1.54) is 5.56 Å². The minimum absolute atomic E-state index is 0.302. The molecule has 0 N–H and O–H groups in total. The largest absolute Gasteiger partial charge is 0.258 e. The maximum absolute atomic E-state index is 4.67. The second-order valence-electron chi connectivity index (χ2n) is 4.64. The summed E-state index contributed by atoms with van der Waals surface area (Å²) in [6.07, 6.45) is 0. The molecule has 4 heteroatoms. The summed E-state index contributed by atoms with van der Waals surface area (Å²) in [4.78, 5) is 4.59. The molecule has 2 rings (SSSR count). The topological polar surface area (TPSA) is 28.0 Å². The Morgan fingerprint density at radius 1 is 1.28 bits per heavy atom. The van der Waals surface area contributed by atoms with Gasteiger partial charge < -0.3 is 0 Å². The van der Waals surface area contributed by atoms with E-state index in [9.17, 15) is 0 Å². The van der Waals surface area contributed by atoms with Gasteiger partial charge in [0.25, 0.3) is 0 Å². The van der Waals surface area contributed by atoms with E-state index in [0.717, 1.165) is 10.9 Å². The van der Waals surface area contributed by atoms with E-state index in [4.69, 9.17) is 0 Å². The van der Waals surface area contributed by atoms with Gasteiger partial charge in [0, 0.05) is 13.1 Å². The summed E-state index contributed by atoms with van der Waals surface area (Å²) < 4.78 is 0. The Bertz CT molecular complexity index is 465. The van der Waals surface area contributed by atoms with Crippen LogP contribution in [0.25, 0.3) is 0 Å². The van der Waals surface area contributed by atoms with Crippen LogP contribution in [0, 0.1) is 0 Å². The lowest BCUT2D eigenvalue weighted by Gasteiger charge is -2.27. The molecule has 0 aromatic heterocycles. The normalized spacial score (nSPS) is 22.5. The van der Waals surface area contributed by atoms with Crippen molar-refractivity contribution in [3.8, 4) is 0 Å². The average molecular weight is 261 g/mol. The number of rotatable bonds is 2. The smallest absolute Gasteiger partial charge is 0.180 e. The lowest BCUT2D eigenvalue weighted by molar-refractivity contribution is 0.544. The third kappa shape index (κ3) is 2.93. The molecule has 1 heterocycles. The van der Waals surface area contributed by atoms with Gasteiger partial charge in [0.05, 0.1) is 11.0 Å². The number of hydrazone groups is 1. The van der Waals surface area contributed by atoms with Gasteiger partial charge >= 0.3 is 0 Å². The molecular weight excluding hydrogens is 242 g/mol. The van der Waals surface area contributed by atoms with Crippen molar-refractivity contribution in [2.75, 3.05) is 7.05 Å². The summed E-state index contributed by atoms with van der Waals surface area (Å²) in [6.45, 7) is 6.35. The maximum atomic E-state index is 4.67. The van der Waals surface area contributed by atoms with Crippen LogP contribution >= 0.6 is 11.8 Å². The van der Waals surface area contributed by atoms with E-state index in [2.05, 4.69) is 43.0 Å². The number of amidine groups is 1. The third-order valence-electron chi connectivity index (χ3n) is 2.64. The SMILES string of the molecule is CC(C)N=C1SC(C)C(c2ccccc2)=NN1C. The van der Waals surface area contributed by atoms with Crippen LogP contribution in [0.1, 0.15) is 26.3 Å². The summed E-state index contributed by atoms with van der Waals surface area (Å²) in [6, 6.07) is 10.6. The fraction of sp³-hybridized carbons (Fsp3) is 0.429. The molecule has 0 amide bonds. The van der Waals surface area contributed by atoms with Crippen LogP contribution in [0.5, 0.6) is 0 Å². The van der Waals surface area contributed by atoms with E-state index in [-0.39, 0.29) is 0 Å². The highest BCUT2D eigenvalue weighted by molar-refractivity contribution is 8.15. The molecule has 0 spiro atoms. The minimum atomic E-state index is 0.302. The van der Waals surface area contributed by atoms with Crippen LogP contribution in [0.2, 0.25) is 0 Å². The predicted octanol–water partition coefficient (Wildman–Crippen LogP) is 3.22. The van der Waals surface area contributed by atoms with Gasteiger partial charge in [-0.15, -0.1) is 0 Å². The molecule has 18 heavy (non-hydrogen) atoms. The zero-order chi connectivity index (χ0) is 13.1. The summed E-state index contributed by atoms with van der Waals surface area (Å²) in [5.74, 6) is 0. The lowest BCUT2D eigenvalue weighted by Crippen LogP contribution is -2.33. The molecule has 0 radical (unpaired) electrons. The Labute approximate surface area is 113 Å². The van der Waals surface area contributed by atoms with Crippen LogP contribution < -0.4 is 0 Å². The lowest BCUT2D eigenvalue weighted by atomic mass is 10.1. The summed E-state index contributed by atoms with van der Waals surface area (Å²) in [7, 11) is 1.96. The number of aliphatic imine (C=N–C) groups is 1. The highest BCUT2D eigenvalue weighted by atomic mass is 32.2. The molecule has 0 saturated heterocycles. The Kier molecular flexibility index (Phi) is 4.07. The first-order chi connectivity index (χ1) is 8.58. The average Bonchev–Trinajstić information content (AvgIpc) is 2.34. The number of benzene rings is 1. The first kappa shape index (κ1) is 13.1.